The largest absolute Gasteiger partial charge is 0.482 e. The Morgan fingerprint density at radius 3 is 1.19 bits per heavy atom. The maximum atomic E-state index is 13.5. The molecule has 11 rings (SSSR count). The monoisotopic (exact) mass is 760 g/mol. The van der Waals surface area contributed by atoms with E-state index in [9.17, 15) is 19.2 Å². The molecule has 4 atom stereocenters. The van der Waals surface area contributed by atoms with Crippen molar-refractivity contribution in [2.24, 2.45) is 33.7 Å². The highest BCUT2D eigenvalue weighted by molar-refractivity contribution is 7.20. The van der Waals surface area contributed by atoms with Crippen LogP contribution in [0.15, 0.2) is 34.3 Å². The molecule has 8 nitrogen and oxygen atoms in total. The third-order valence-corrected chi connectivity index (χ3v) is 16.3. The number of carbonyl (C=O) groups excluding carboxylic acids is 4. The third-order valence-electron chi connectivity index (χ3n) is 14.2. The standard InChI is InChI=1S/C44H44N2O6S2/c47-37-23-11-3-4-12-24(23)38(48)35(37)45-33-21-29-41(53-33)27-20-32-28(19-31(27)51-43(29)15-7-1-8-16-43)42-30(44(52-32)17-9-2-10-18-44)22-34(54-42)46-36-39(49)25-13-5-6-14-26(25)40(36)50/h19-26H,1-18H2. The van der Waals surface area contributed by atoms with E-state index < -0.39 is 11.2 Å². The maximum absolute atomic E-state index is 13.5. The van der Waals surface area contributed by atoms with Crippen molar-refractivity contribution in [3.8, 4) is 32.4 Å². The second-order valence-corrected chi connectivity index (χ2v) is 19.2. The highest BCUT2D eigenvalue weighted by atomic mass is 32.1. The van der Waals surface area contributed by atoms with Crippen LogP contribution in [0.5, 0.6) is 11.5 Å². The summed E-state index contributed by atoms with van der Waals surface area (Å²) in [6, 6.07) is 8.48. The molecule has 0 N–H and O–H groups in total. The summed E-state index contributed by atoms with van der Waals surface area (Å²) in [4.78, 5) is 65.7. The molecule has 2 aromatic heterocycles. The summed E-state index contributed by atoms with van der Waals surface area (Å²) in [5, 5.41) is 1.39. The van der Waals surface area contributed by atoms with Gasteiger partial charge in [0.2, 0.25) is 0 Å². The molecule has 8 aliphatic rings. The number of rotatable bonds is 2. The van der Waals surface area contributed by atoms with Crippen molar-refractivity contribution in [2.45, 2.75) is 127 Å². The van der Waals surface area contributed by atoms with Crippen LogP contribution >= 0.6 is 22.7 Å². The number of Topliss-reactive ketones (excluding diaryl/α,β-unsaturated/α-hetero) is 4. The molecule has 0 radical (unpaired) electrons. The molecular formula is C44H44N2O6S2. The highest BCUT2D eigenvalue weighted by Crippen LogP contribution is 2.61. The minimum absolute atomic E-state index is 0.0726. The average Bonchev–Trinajstić information content (AvgIpc) is 3.95. The van der Waals surface area contributed by atoms with Gasteiger partial charge in [-0.05, 0) is 101 Å². The Morgan fingerprint density at radius 2 is 0.833 bits per heavy atom. The fourth-order valence-corrected chi connectivity index (χ4v) is 13.7. The normalized spacial score (nSPS) is 28.8. The van der Waals surface area contributed by atoms with E-state index in [1.54, 1.807) is 22.7 Å². The van der Waals surface area contributed by atoms with Gasteiger partial charge in [0.15, 0.2) is 34.6 Å². The molecule has 54 heavy (non-hydrogen) atoms. The molecule has 0 amide bonds. The number of nitrogens with zero attached hydrogens (tertiary/aromatic N) is 2. The van der Waals surface area contributed by atoms with Crippen LogP contribution in [0.1, 0.15) is 127 Å². The molecule has 1 aromatic carbocycles. The minimum Gasteiger partial charge on any atom is -0.482 e. The first-order valence-electron chi connectivity index (χ1n) is 20.5. The van der Waals surface area contributed by atoms with Gasteiger partial charge in [-0.15, -0.1) is 22.7 Å². The van der Waals surface area contributed by atoms with Gasteiger partial charge in [-0.3, -0.25) is 19.2 Å². The molecule has 4 heterocycles. The van der Waals surface area contributed by atoms with Crippen molar-refractivity contribution < 1.29 is 28.7 Å². The molecule has 10 heteroatoms. The van der Waals surface area contributed by atoms with Gasteiger partial charge < -0.3 is 9.47 Å². The number of benzene rings is 1. The van der Waals surface area contributed by atoms with E-state index >= 15 is 0 Å². The Kier molecular flexibility index (Phi) is 7.69. The lowest BCUT2D eigenvalue weighted by atomic mass is 9.76. The molecule has 0 bridgehead atoms. The summed E-state index contributed by atoms with van der Waals surface area (Å²) in [5.41, 5.74) is 3.42. The topological polar surface area (TPSA) is 111 Å². The third kappa shape index (κ3) is 4.90. The lowest BCUT2D eigenvalue weighted by molar-refractivity contribution is -0.120. The SMILES string of the molecule is O=C1C(=Nc2cc3c(s2)-c2cc4c(cc2OC32CCCCC2)-c2sc(N=C3C(=O)C5CCCCC5C3=O)cc2C2(CCCCC2)O4)C(=O)C2CCCCC12. The Bertz CT molecular complexity index is 2020. The second kappa shape index (κ2) is 12.4. The Morgan fingerprint density at radius 1 is 0.481 bits per heavy atom. The van der Waals surface area contributed by atoms with Gasteiger partial charge in [0.05, 0.1) is 0 Å². The van der Waals surface area contributed by atoms with Crippen molar-refractivity contribution in [3.05, 3.63) is 35.4 Å². The lowest BCUT2D eigenvalue weighted by Crippen LogP contribution is -2.38. The first-order valence-corrected chi connectivity index (χ1v) is 22.2. The predicted molar refractivity (Wildman–Crippen MR) is 209 cm³/mol. The second-order valence-electron chi connectivity index (χ2n) is 17.2. The van der Waals surface area contributed by atoms with E-state index in [0.717, 1.165) is 159 Å². The number of hydrogen-bond acceptors (Lipinski definition) is 10. The van der Waals surface area contributed by atoms with Crippen LogP contribution in [-0.2, 0) is 30.4 Å². The number of hydrogen-bond donors (Lipinski definition) is 0. The zero-order valence-electron chi connectivity index (χ0n) is 30.5. The Hall–Kier alpha value is -3.76. The van der Waals surface area contributed by atoms with Gasteiger partial charge in [0.1, 0.15) is 32.7 Å². The zero-order valence-corrected chi connectivity index (χ0v) is 32.1. The quantitative estimate of drug-likeness (QED) is 0.257. The molecule has 6 fully saturated rings. The van der Waals surface area contributed by atoms with Crippen molar-refractivity contribution in [1.82, 2.24) is 0 Å². The number of ether oxygens (including phenoxy) is 2. The number of ketones is 4. The van der Waals surface area contributed by atoms with E-state index in [4.69, 9.17) is 19.5 Å². The van der Waals surface area contributed by atoms with E-state index in [0.29, 0.717) is 10.0 Å². The van der Waals surface area contributed by atoms with Gasteiger partial charge in [0.25, 0.3) is 0 Å². The fourth-order valence-electron chi connectivity index (χ4n) is 11.4. The van der Waals surface area contributed by atoms with Crippen LogP contribution in [0.25, 0.3) is 20.9 Å². The molecular weight excluding hydrogens is 717 g/mol. The summed E-state index contributed by atoms with van der Waals surface area (Å²) >= 11 is 3.11. The molecule has 4 unspecified atom stereocenters. The summed E-state index contributed by atoms with van der Waals surface area (Å²) in [6.45, 7) is 0. The first-order chi connectivity index (χ1) is 26.3. The van der Waals surface area contributed by atoms with E-state index in [1.807, 2.05) is 0 Å². The van der Waals surface area contributed by atoms with Crippen LogP contribution in [0.2, 0.25) is 0 Å². The lowest BCUT2D eigenvalue weighted by Gasteiger charge is -2.44. The summed E-state index contributed by atoms with van der Waals surface area (Å²) in [7, 11) is 0. The number of carbonyl (C=O) groups is 4. The van der Waals surface area contributed by atoms with Gasteiger partial charge in [-0.1, -0.05) is 38.5 Å². The van der Waals surface area contributed by atoms with E-state index in [1.165, 1.54) is 0 Å². The van der Waals surface area contributed by atoms with Crippen LogP contribution in [0.3, 0.4) is 0 Å². The fraction of sp³-hybridized carbons (Fsp3) is 0.545. The summed E-state index contributed by atoms with van der Waals surface area (Å²) < 4.78 is 14.3. The molecule has 2 spiro atoms. The van der Waals surface area contributed by atoms with Crippen LogP contribution in [-0.4, -0.2) is 34.6 Å². The van der Waals surface area contributed by atoms with Crippen LogP contribution in [0.4, 0.5) is 10.0 Å². The molecule has 0 saturated heterocycles. The number of fused-ring (bicyclic) bond motifs is 10. The van der Waals surface area contributed by atoms with Crippen molar-refractivity contribution >= 4 is 67.2 Å². The number of thiophene rings is 2. The van der Waals surface area contributed by atoms with Gasteiger partial charge in [0, 0.05) is 55.7 Å². The smallest absolute Gasteiger partial charge is 0.188 e. The molecule has 278 valence electrons. The zero-order chi connectivity index (χ0) is 36.3. The Balaban J connectivity index is 1.03. The highest BCUT2D eigenvalue weighted by Gasteiger charge is 2.51. The molecule has 3 aromatic rings. The van der Waals surface area contributed by atoms with E-state index in [2.05, 4.69) is 24.3 Å². The van der Waals surface area contributed by atoms with Gasteiger partial charge in [-0.2, -0.15) is 0 Å². The molecule has 2 aliphatic heterocycles. The van der Waals surface area contributed by atoms with Crippen LogP contribution in [0, 0.1) is 23.7 Å². The van der Waals surface area contributed by atoms with Crippen molar-refractivity contribution in [3.63, 3.8) is 0 Å². The van der Waals surface area contributed by atoms with E-state index in [-0.39, 0.29) is 58.2 Å². The predicted octanol–water partition coefficient (Wildman–Crippen LogP) is 10.3. The molecule has 6 saturated carbocycles. The minimum atomic E-state index is -0.503. The van der Waals surface area contributed by atoms with Crippen LogP contribution < -0.4 is 9.47 Å². The summed E-state index contributed by atoms with van der Waals surface area (Å²) in [6.07, 6.45) is 17.2. The Labute approximate surface area is 322 Å². The van der Waals surface area contributed by atoms with Gasteiger partial charge in [-0.25, -0.2) is 9.98 Å². The summed E-state index contributed by atoms with van der Waals surface area (Å²) in [5.74, 6) is 0.500. The van der Waals surface area contributed by atoms with Gasteiger partial charge >= 0.3 is 0 Å². The maximum Gasteiger partial charge on any atom is 0.188 e. The van der Waals surface area contributed by atoms with Crippen molar-refractivity contribution in [2.75, 3.05) is 0 Å². The first kappa shape index (κ1) is 33.6. The average molecular weight is 761 g/mol. The van der Waals surface area contributed by atoms with Crippen molar-refractivity contribution in [1.29, 1.82) is 0 Å². The molecule has 6 aliphatic carbocycles. The number of aliphatic imine (C=N–C) groups is 2.